The first-order valence-electron chi connectivity index (χ1n) is 3.99. The number of amides is 1. The van der Waals surface area contributed by atoms with Crippen molar-refractivity contribution in [1.82, 2.24) is 4.90 Å². The van der Waals surface area contributed by atoms with Crippen LogP contribution in [0.15, 0.2) is 23.9 Å². The summed E-state index contributed by atoms with van der Waals surface area (Å²) in [6.45, 7) is 0.549. The number of carbonyl (C=O) groups excluding carboxylic acids is 2. The van der Waals surface area contributed by atoms with Gasteiger partial charge in [-0.25, -0.2) is 0 Å². The van der Waals surface area contributed by atoms with Gasteiger partial charge in [0.2, 0.25) is 5.91 Å². The Hall–Kier alpha value is -1.38. The summed E-state index contributed by atoms with van der Waals surface area (Å²) < 4.78 is 0. The molecule has 2 rings (SSSR count). The van der Waals surface area contributed by atoms with Gasteiger partial charge < -0.3 is 4.90 Å². The molecule has 0 N–H and O–H groups in total. The molecule has 0 unspecified atom stereocenters. The summed E-state index contributed by atoms with van der Waals surface area (Å²) in [5.41, 5.74) is 0.752. The second-order valence-electron chi connectivity index (χ2n) is 2.94. The molecule has 0 saturated carbocycles. The molecule has 2 heterocycles. The number of ketones is 1. The maximum Gasteiger partial charge on any atom is 0.230 e. The number of hydrogen-bond donors (Lipinski definition) is 0. The van der Waals surface area contributed by atoms with Gasteiger partial charge in [0, 0.05) is 31.2 Å². The van der Waals surface area contributed by atoms with Crippen LogP contribution in [0.25, 0.3) is 0 Å². The number of carbonyl (C=O) groups is 2. The number of rotatable bonds is 0. The minimum Gasteiger partial charge on any atom is -0.312 e. The zero-order chi connectivity index (χ0) is 8.55. The summed E-state index contributed by atoms with van der Waals surface area (Å²) in [6.07, 6.45) is 6.09. The minimum absolute atomic E-state index is 0.0938. The Morgan fingerprint density at radius 2 is 2.17 bits per heavy atom. The highest BCUT2D eigenvalue weighted by atomic mass is 16.2. The Bertz CT molecular complexity index is 302. The number of fused-ring (bicyclic) bond motifs is 1. The third kappa shape index (κ3) is 1.07. The summed E-state index contributed by atoms with van der Waals surface area (Å²) in [5, 5.41) is 0. The van der Waals surface area contributed by atoms with E-state index in [-0.39, 0.29) is 11.7 Å². The quantitative estimate of drug-likeness (QED) is 0.525. The van der Waals surface area contributed by atoms with Crippen molar-refractivity contribution in [2.45, 2.75) is 12.8 Å². The van der Waals surface area contributed by atoms with Gasteiger partial charge in [0.05, 0.1) is 0 Å². The van der Waals surface area contributed by atoms with Crippen molar-refractivity contribution in [3.63, 3.8) is 0 Å². The monoisotopic (exact) mass is 163 g/mol. The van der Waals surface area contributed by atoms with Crippen LogP contribution in [-0.4, -0.2) is 23.1 Å². The van der Waals surface area contributed by atoms with E-state index in [2.05, 4.69) is 0 Å². The largest absolute Gasteiger partial charge is 0.312 e. The van der Waals surface area contributed by atoms with Crippen LogP contribution in [0.3, 0.4) is 0 Å². The SMILES string of the molecule is O=C1C=C2C=CCC(=O)N2CC1. The van der Waals surface area contributed by atoms with Gasteiger partial charge in [-0.15, -0.1) is 0 Å². The van der Waals surface area contributed by atoms with E-state index in [1.807, 2.05) is 6.08 Å². The fourth-order valence-corrected chi connectivity index (χ4v) is 1.46. The third-order valence-electron chi connectivity index (χ3n) is 2.08. The van der Waals surface area contributed by atoms with Crippen LogP contribution in [0.1, 0.15) is 12.8 Å². The van der Waals surface area contributed by atoms with Crippen molar-refractivity contribution in [2.24, 2.45) is 0 Å². The molecule has 1 amide bonds. The predicted octanol–water partition coefficient (Wildman–Crippen LogP) is 0.632. The van der Waals surface area contributed by atoms with Gasteiger partial charge in [0.15, 0.2) is 5.78 Å². The summed E-state index contributed by atoms with van der Waals surface area (Å²) in [4.78, 5) is 23.9. The van der Waals surface area contributed by atoms with Crippen molar-refractivity contribution in [3.8, 4) is 0 Å². The van der Waals surface area contributed by atoms with Gasteiger partial charge in [-0.1, -0.05) is 6.08 Å². The number of hydrogen-bond acceptors (Lipinski definition) is 2. The molecule has 0 fully saturated rings. The van der Waals surface area contributed by atoms with E-state index in [1.54, 1.807) is 11.0 Å². The predicted molar refractivity (Wildman–Crippen MR) is 43.2 cm³/mol. The fraction of sp³-hybridized carbons (Fsp3) is 0.333. The molecule has 3 nitrogen and oxygen atoms in total. The minimum atomic E-state index is 0.0938. The summed E-state index contributed by atoms with van der Waals surface area (Å²) in [6, 6.07) is 0. The number of nitrogens with zero attached hydrogens (tertiary/aromatic N) is 1. The molecular formula is C9H9NO2. The van der Waals surface area contributed by atoms with Crippen molar-refractivity contribution >= 4 is 11.7 Å². The van der Waals surface area contributed by atoms with Crippen LogP contribution in [0, 0.1) is 0 Å². The standard InChI is InChI=1S/C9H9NO2/c11-8-4-5-10-7(6-8)2-1-3-9(10)12/h1-2,6H,3-5H2. The molecule has 12 heavy (non-hydrogen) atoms. The van der Waals surface area contributed by atoms with Gasteiger partial charge >= 0.3 is 0 Å². The van der Waals surface area contributed by atoms with E-state index in [0.29, 0.717) is 19.4 Å². The summed E-state index contributed by atoms with van der Waals surface area (Å²) >= 11 is 0. The molecule has 62 valence electrons. The molecule has 0 aromatic heterocycles. The van der Waals surface area contributed by atoms with Crippen LogP contribution in [0.4, 0.5) is 0 Å². The molecule has 0 aromatic rings. The molecular weight excluding hydrogens is 154 g/mol. The highest BCUT2D eigenvalue weighted by molar-refractivity contribution is 5.94. The molecule has 2 aliphatic rings. The Labute approximate surface area is 70.4 Å². The molecule has 0 bridgehead atoms. The van der Waals surface area contributed by atoms with Gasteiger partial charge in [-0.05, 0) is 6.08 Å². The molecule has 3 heteroatoms. The van der Waals surface area contributed by atoms with E-state index in [1.165, 1.54) is 6.08 Å². The van der Waals surface area contributed by atoms with Crippen molar-refractivity contribution in [1.29, 1.82) is 0 Å². The second kappa shape index (κ2) is 2.59. The van der Waals surface area contributed by atoms with Crippen LogP contribution in [-0.2, 0) is 9.59 Å². The normalized spacial score (nSPS) is 22.3. The van der Waals surface area contributed by atoms with Crippen LogP contribution in [0.5, 0.6) is 0 Å². The molecule has 0 spiro atoms. The van der Waals surface area contributed by atoms with Crippen LogP contribution < -0.4 is 0 Å². The van der Waals surface area contributed by atoms with E-state index in [9.17, 15) is 9.59 Å². The van der Waals surface area contributed by atoms with Gasteiger partial charge in [0.25, 0.3) is 0 Å². The molecule has 0 radical (unpaired) electrons. The molecule has 0 atom stereocenters. The fourth-order valence-electron chi connectivity index (χ4n) is 1.46. The second-order valence-corrected chi connectivity index (χ2v) is 2.94. The first-order chi connectivity index (χ1) is 5.77. The van der Waals surface area contributed by atoms with Crippen molar-refractivity contribution in [2.75, 3.05) is 6.54 Å². The van der Waals surface area contributed by atoms with Crippen LogP contribution >= 0.6 is 0 Å². The van der Waals surface area contributed by atoms with Gasteiger partial charge in [-0.3, -0.25) is 9.59 Å². The Morgan fingerprint density at radius 1 is 1.33 bits per heavy atom. The van der Waals surface area contributed by atoms with E-state index < -0.39 is 0 Å². The molecule has 0 saturated heterocycles. The molecule has 0 aliphatic carbocycles. The molecule has 2 aliphatic heterocycles. The highest BCUT2D eigenvalue weighted by Crippen LogP contribution is 2.19. The van der Waals surface area contributed by atoms with Crippen molar-refractivity contribution < 1.29 is 9.59 Å². The zero-order valence-electron chi connectivity index (χ0n) is 6.62. The lowest BCUT2D eigenvalue weighted by Gasteiger charge is -2.28. The average molecular weight is 163 g/mol. The Kier molecular flexibility index (Phi) is 1.57. The van der Waals surface area contributed by atoms with E-state index in [4.69, 9.17) is 0 Å². The Balaban J connectivity index is 2.37. The van der Waals surface area contributed by atoms with Crippen molar-refractivity contribution in [3.05, 3.63) is 23.9 Å². The Morgan fingerprint density at radius 3 is 3.00 bits per heavy atom. The lowest BCUT2D eigenvalue weighted by atomic mass is 10.1. The summed E-state index contributed by atoms with van der Waals surface area (Å²) in [5.74, 6) is 0.205. The van der Waals surface area contributed by atoms with Gasteiger partial charge in [-0.2, -0.15) is 0 Å². The average Bonchev–Trinajstić information content (AvgIpc) is 2.04. The van der Waals surface area contributed by atoms with E-state index >= 15 is 0 Å². The smallest absolute Gasteiger partial charge is 0.230 e. The van der Waals surface area contributed by atoms with E-state index in [0.717, 1.165) is 5.70 Å². The lowest BCUT2D eigenvalue weighted by Crippen LogP contribution is -2.36. The first kappa shape index (κ1) is 7.28. The number of allylic oxidation sites excluding steroid dienone is 2. The maximum atomic E-state index is 11.3. The topological polar surface area (TPSA) is 37.4 Å². The van der Waals surface area contributed by atoms with Crippen LogP contribution in [0.2, 0.25) is 0 Å². The zero-order valence-corrected chi connectivity index (χ0v) is 6.62. The van der Waals surface area contributed by atoms with Gasteiger partial charge in [0.1, 0.15) is 0 Å². The first-order valence-corrected chi connectivity index (χ1v) is 3.99. The summed E-state index contributed by atoms with van der Waals surface area (Å²) in [7, 11) is 0. The highest BCUT2D eigenvalue weighted by Gasteiger charge is 2.23. The lowest BCUT2D eigenvalue weighted by molar-refractivity contribution is -0.129. The maximum absolute atomic E-state index is 11.3. The third-order valence-corrected chi connectivity index (χ3v) is 2.08. The molecule has 0 aromatic carbocycles.